The van der Waals surface area contributed by atoms with Gasteiger partial charge in [-0.1, -0.05) is 0 Å². The maximum Gasteiger partial charge on any atom is 0.224 e. The molecular weight excluding hydrogens is 420 g/mol. The van der Waals surface area contributed by atoms with Crippen LogP contribution >= 0.6 is 24.4 Å². The van der Waals surface area contributed by atoms with E-state index in [1.807, 2.05) is 36.4 Å². The van der Waals surface area contributed by atoms with Crippen molar-refractivity contribution in [2.24, 2.45) is 0 Å². The van der Waals surface area contributed by atoms with Gasteiger partial charge in [0.1, 0.15) is 0 Å². The highest BCUT2D eigenvalue weighted by Crippen LogP contribution is 2.18. The van der Waals surface area contributed by atoms with Crippen LogP contribution in [0.4, 0.5) is 11.4 Å². The number of nitrogens with one attached hydrogen (secondary N) is 6. The maximum atomic E-state index is 12.2. The smallest absolute Gasteiger partial charge is 0.224 e. The molecule has 8 nitrogen and oxygen atoms in total. The third-order valence-electron chi connectivity index (χ3n) is 4.66. The minimum absolute atomic E-state index is 0.0861. The van der Waals surface area contributed by atoms with E-state index >= 15 is 0 Å². The van der Waals surface area contributed by atoms with Crippen LogP contribution in [0.3, 0.4) is 0 Å². The van der Waals surface area contributed by atoms with Crippen LogP contribution in [0.2, 0.25) is 0 Å². The predicted octanol–water partition coefficient (Wildman–Crippen LogP) is 4.90. The summed E-state index contributed by atoms with van der Waals surface area (Å²) in [5.74, 6) is -0.172. The zero-order valence-corrected chi connectivity index (χ0v) is 17.6. The molecule has 2 heterocycles. The number of carbonyl (C=O) groups is 2. The summed E-state index contributed by atoms with van der Waals surface area (Å²) in [4.78, 5) is 36.4. The van der Waals surface area contributed by atoms with Gasteiger partial charge >= 0.3 is 0 Å². The topological polar surface area (TPSA) is 121 Å². The van der Waals surface area contributed by atoms with Crippen molar-refractivity contribution < 1.29 is 9.59 Å². The number of aromatic nitrogens is 4. The molecule has 4 rings (SSSR count). The molecule has 0 unspecified atom stereocenters. The Kier molecular flexibility index (Phi) is 5.77. The number of unbranched alkanes of at least 4 members (excludes halogenated alkanes) is 1. The highest BCUT2D eigenvalue weighted by atomic mass is 32.1. The van der Waals surface area contributed by atoms with Crippen molar-refractivity contribution in [3.05, 3.63) is 45.9 Å². The molecule has 0 saturated carbocycles. The number of carbonyl (C=O) groups excluding carboxylic acids is 2. The number of imidazole rings is 2. The van der Waals surface area contributed by atoms with E-state index in [9.17, 15) is 9.59 Å². The number of fused-ring (bicyclic) bond motifs is 2. The van der Waals surface area contributed by atoms with Crippen LogP contribution < -0.4 is 10.6 Å². The summed E-state index contributed by atoms with van der Waals surface area (Å²) < 4.78 is 1.09. The molecule has 0 aliphatic heterocycles. The average Bonchev–Trinajstić information content (AvgIpc) is 3.25. The molecule has 0 radical (unpaired) electrons. The molecule has 2 aromatic carbocycles. The Hall–Kier alpha value is -3.24. The van der Waals surface area contributed by atoms with Crippen LogP contribution in [0.25, 0.3) is 22.1 Å². The lowest BCUT2D eigenvalue weighted by Crippen LogP contribution is -2.13. The molecule has 0 saturated heterocycles. The van der Waals surface area contributed by atoms with Gasteiger partial charge in [-0.3, -0.25) is 9.59 Å². The van der Waals surface area contributed by atoms with E-state index in [-0.39, 0.29) is 11.8 Å². The lowest BCUT2D eigenvalue weighted by Gasteiger charge is -2.07. The molecule has 4 aromatic rings. The van der Waals surface area contributed by atoms with E-state index in [1.54, 1.807) is 0 Å². The monoisotopic (exact) mass is 440 g/mol. The fourth-order valence-electron chi connectivity index (χ4n) is 3.24. The fourth-order valence-corrected chi connectivity index (χ4v) is 3.68. The van der Waals surface area contributed by atoms with Gasteiger partial charge in [-0.25, -0.2) is 0 Å². The van der Waals surface area contributed by atoms with E-state index in [4.69, 9.17) is 24.4 Å². The highest BCUT2D eigenvalue weighted by molar-refractivity contribution is 7.71. The number of hydrogen-bond donors (Lipinski definition) is 6. The van der Waals surface area contributed by atoms with Gasteiger partial charge in [0.25, 0.3) is 0 Å². The van der Waals surface area contributed by atoms with Crippen molar-refractivity contribution in [3.63, 3.8) is 0 Å². The Morgan fingerprint density at radius 3 is 1.50 bits per heavy atom. The van der Waals surface area contributed by atoms with Gasteiger partial charge in [0.2, 0.25) is 11.8 Å². The second-order valence-corrected chi connectivity index (χ2v) is 7.80. The summed E-state index contributed by atoms with van der Waals surface area (Å²) in [6, 6.07) is 11.0. The summed E-state index contributed by atoms with van der Waals surface area (Å²) in [6.07, 6.45) is 1.94. The Balaban J connectivity index is 1.21. The molecule has 30 heavy (non-hydrogen) atoms. The van der Waals surface area contributed by atoms with Gasteiger partial charge in [0, 0.05) is 24.2 Å². The van der Waals surface area contributed by atoms with E-state index in [0.717, 1.165) is 22.1 Å². The Labute approximate surface area is 181 Å². The number of hydrogen-bond acceptors (Lipinski definition) is 4. The molecule has 0 aliphatic rings. The van der Waals surface area contributed by atoms with E-state index in [2.05, 4.69) is 30.6 Å². The summed E-state index contributed by atoms with van der Waals surface area (Å²) in [7, 11) is 0. The molecule has 2 amide bonds. The summed E-state index contributed by atoms with van der Waals surface area (Å²) >= 11 is 10.1. The normalized spacial score (nSPS) is 11.1. The van der Waals surface area contributed by atoms with Crippen molar-refractivity contribution in [1.29, 1.82) is 0 Å². The number of rotatable bonds is 7. The van der Waals surface area contributed by atoms with Gasteiger partial charge in [-0.15, -0.1) is 0 Å². The van der Waals surface area contributed by atoms with Crippen molar-refractivity contribution >= 4 is 69.7 Å². The molecule has 10 heteroatoms. The van der Waals surface area contributed by atoms with Crippen LogP contribution in [0.5, 0.6) is 0 Å². The van der Waals surface area contributed by atoms with E-state index in [0.29, 0.717) is 46.6 Å². The molecule has 0 spiro atoms. The zero-order valence-electron chi connectivity index (χ0n) is 15.9. The summed E-state index contributed by atoms with van der Waals surface area (Å²) in [5, 5.41) is 5.74. The average molecular weight is 441 g/mol. The van der Waals surface area contributed by atoms with Gasteiger partial charge in [0.05, 0.1) is 22.1 Å². The number of benzene rings is 2. The second-order valence-electron chi connectivity index (χ2n) is 6.98. The number of anilines is 2. The third kappa shape index (κ3) is 4.84. The van der Waals surface area contributed by atoms with Crippen LogP contribution in [0.1, 0.15) is 25.7 Å². The predicted molar refractivity (Wildman–Crippen MR) is 123 cm³/mol. The van der Waals surface area contributed by atoms with E-state index < -0.39 is 0 Å². The first-order chi connectivity index (χ1) is 14.5. The Morgan fingerprint density at radius 2 is 1.07 bits per heavy atom. The Morgan fingerprint density at radius 1 is 0.667 bits per heavy atom. The molecule has 154 valence electrons. The number of aromatic amines is 4. The van der Waals surface area contributed by atoms with Crippen molar-refractivity contribution in [3.8, 4) is 0 Å². The first-order valence-electron chi connectivity index (χ1n) is 9.50. The molecule has 2 aromatic heterocycles. The van der Waals surface area contributed by atoms with Crippen LogP contribution in [-0.2, 0) is 9.59 Å². The minimum Gasteiger partial charge on any atom is -0.331 e. The first kappa shape index (κ1) is 20.0. The van der Waals surface area contributed by atoms with Crippen molar-refractivity contribution in [2.75, 3.05) is 10.6 Å². The molecule has 0 fully saturated rings. The SMILES string of the molecule is O=C(CCCCC(=O)Nc1ccc2[nH]c(=S)[nH]c2c1)Nc1ccc2[nH]c(=S)[nH]c2c1. The lowest BCUT2D eigenvalue weighted by molar-refractivity contribution is -0.118. The minimum atomic E-state index is -0.0861. The van der Waals surface area contributed by atoms with Crippen LogP contribution in [-0.4, -0.2) is 31.8 Å². The van der Waals surface area contributed by atoms with E-state index in [1.165, 1.54) is 0 Å². The third-order valence-corrected chi connectivity index (χ3v) is 5.07. The quantitative estimate of drug-likeness (QED) is 0.181. The molecule has 0 atom stereocenters. The fraction of sp³-hybridized carbons (Fsp3) is 0.200. The molecule has 0 aliphatic carbocycles. The largest absolute Gasteiger partial charge is 0.331 e. The van der Waals surface area contributed by atoms with Gasteiger partial charge in [-0.2, -0.15) is 0 Å². The summed E-state index contributed by atoms with van der Waals surface area (Å²) in [5.41, 5.74) is 4.87. The number of H-pyrrole nitrogens is 4. The zero-order chi connectivity index (χ0) is 21.1. The van der Waals surface area contributed by atoms with Crippen LogP contribution in [0.15, 0.2) is 36.4 Å². The standard InChI is InChI=1S/C20H20N6O2S2/c27-17(21-11-5-7-13-15(9-11)25-19(29)23-13)3-1-2-4-18(28)22-12-6-8-14-16(10-12)26-20(30)24-14/h5-10H,1-4H2,(H,21,27)(H,22,28)(H2,23,25,29)(H2,24,26,30). The molecular formula is C20H20N6O2S2. The summed E-state index contributed by atoms with van der Waals surface area (Å²) in [6.45, 7) is 0. The second kappa shape index (κ2) is 8.64. The lowest BCUT2D eigenvalue weighted by atomic mass is 10.1. The van der Waals surface area contributed by atoms with Crippen molar-refractivity contribution in [1.82, 2.24) is 19.9 Å². The van der Waals surface area contributed by atoms with Gasteiger partial charge in [0.15, 0.2) is 9.54 Å². The van der Waals surface area contributed by atoms with Gasteiger partial charge < -0.3 is 30.6 Å². The van der Waals surface area contributed by atoms with Crippen molar-refractivity contribution in [2.45, 2.75) is 25.7 Å². The number of amides is 2. The highest BCUT2D eigenvalue weighted by Gasteiger charge is 2.07. The Bertz CT molecular complexity index is 1240. The van der Waals surface area contributed by atoms with Gasteiger partial charge in [-0.05, 0) is 73.7 Å². The maximum absolute atomic E-state index is 12.2. The molecule has 6 N–H and O–H groups in total. The van der Waals surface area contributed by atoms with Crippen LogP contribution in [0, 0.1) is 9.54 Å². The first-order valence-corrected chi connectivity index (χ1v) is 10.3. The molecule has 0 bridgehead atoms.